The van der Waals surface area contributed by atoms with Gasteiger partial charge < -0.3 is 4.79 Å². The molecule has 0 aliphatic carbocycles. The van der Waals surface area contributed by atoms with E-state index in [-0.39, 0.29) is 5.78 Å². The molecule has 0 aliphatic rings. The summed E-state index contributed by atoms with van der Waals surface area (Å²) in [6.07, 6.45) is 16.4. The molecule has 0 aromatic carbocycles. The highest BCUT2D eigenvalue weighted by molar-refractivity contribution is 5.75. The highest BCUT2D eigenvalue weighted by atomic mass is 16.1. The van der Waals surface area contributed by atoms with Gasteiger partial charge in [-0.25, -0.2) is 0 Å². The van der Waals surface area contributed by atoms with E-state index in [9.17, 15) is 4.79 Å². The summed E-state index contributed by atoms with van der Waals surface area (Å²) < 4.78 is 0. The van der Waals surface area contributed by atoms with Crippen molar-refractivity contribution in [3.63, 3.8) is 0 Å². The number of hydrogen-bond donors (Lipinski definition) is 0. The van der Waals surface area contributed by atoms with Gasteiger partial charge in [0.1, 0.15) is 5.78 Å². The van der Waals surface area contributed by atoms with Gasteiger partial charge in [0, 0.05) is 6.42 Å². The van der Waals surface area contributed by atoms with Crippen molar-refractivity contribution >= 4 is 5.78 Å². The van der Waals surface area contributed by atoms with Crippen LogP contribution >= 0.6 is 0 Å². The Morgan fingerprint density at radius 2 is 1.95 bits per heavy atom. The van der Waals surface area contributed by atoms with Crippen LogP contribution < -0.4 is 0 Å². The molecule has 0 fully saturated rings. The number of carbonyl (C=O) groups excluding carboxylic acids is 1. The molecule has 0 bridgehead atoms. The maximum atomic E-state index is 11.1. The number of hydrogen-bond acceptors (Lipinski definition) is 1. The van der Waals surface area contributed by atoms with Gasteiger partial charge in [-0.05, 0) is 39.0 Å². The summed E-state index contributed by atoms with van der Waals surface area (Å²) in [5.74, 6) is 0.620. The lowest BCUT2D eigenvalue weighted by Crippen LogP contribution is -2.02. The monoisotopic (exact) mass is 260 g/mol. The highest BCUT2D eigenvalue weighted by Gasteiger charge is 2.06. The van der Waals surface area contributed by atoms with Crippen LogP contribution in [0.5, 0.6) is 0 Å². The number of rotatable bonds is 11. The smallest absolute Gasteiger partial charge is 0.130 e. The van der Waals surface area contributed by atoms with Crippen LogP contribution in [0.4, 0.5) is 0 Å². The Kier molecular flexibility index (Phi) is 10.9. The Morgan fingerprint density at radius 1 is 1.21 bits per heavy atom. The fourth-order valence-corrected chi connectivity index (χ4v) is 2.10. The number of unbranched alkanes of at least 4 members (excludes halogenated alkanes) is 2. The summed E-state index contributed by atoms with van der Waals surface area (Å²) in [7, 11) is 0. The Morgan fingerprint density at radius 3 is 2.47 bits per heavy atom. The van der Waals surface area contributed by atoms with Crippen LogP contribution in [0.25, 0.3) is 0 Å². The topological polar surface area (TPSA) is 17.1 Å². The average molecular weight is 260 g/mol. The normalized spacial score (nSPS) is 13.5. The first-order chi connectivity index (χ1) is 9.13. The number of Topliss-reactive ketones (excluding diaryl/α,β-unsaturated/α-hetero) is 1. The Balaban J connectivity index is 3.79. The van der Waals surface area contributed by atoms with Gasteiger partial charge in [-0.1, -0.05) is 55.4 Å². The first kappa shape index (κ1) is 17.6. The van der Waals surface area contributed by atoms with E-state index in [2.05, 4.69) is 32.2 Å². The van der Waals surface area contributed by atoms with Crippen molar-refractivity contribution in [3.05, 3.63) is 49.1 Å². The Bertz CT molecular complexity index is 334. The molecule has 0 aromatic heterocycles. The van der Waals surface area contributed by atoms with Crippen molar-refractivity contribution in [2.75, 3.05) is 0 Å². The minimum absolute atomic E-state index is 0.260. The predicted octanol–water partition coefficient (Wildman–Crippen LogP) is 5.41. The molecular weight excluding hydrogens is 232 g/mol. The second-order valence-corrected chi connectivity index (χ2v) is 4.96. The van der Waals surface area contributed by atoms with Crippen molar-refractivity contribution in [2.45, 2.75) is 52.4 Å². The zero-order chi connectivity index (χ0) is 14.5. The lowest BCUT2D eigenvalue weighted by molar-refractivity contribution is -0.117. The quantitative estimate of drug-likeness (QED) is 0.276. The molecule has 0 radical (unpaired) electrons. The Labute approximate surface area is 118 Å². The van der Waals surface area contributed by atoms with Gasteiger partial charge in [0.25, 0.3) is 0 Å². The molecule has 19 heavy (non-hydrogen) atoms. The molecule has 0 rings (SSSR count). The molecular formula is C18H28O. The van der Waals surface area contributed by atoms with Crippen LogP contribution in [-0.2, 0) is 4.79 Å². The Hall–Kier alpha value is -1.37. The first-order valence-corrected chi connectivity index (χ1v) is 7.20. The average Bonchev–Trinajstić information content (AvgIpc) is 2.40. The third kappa shape index (κ3) is 10.3. The summed E-state index contributed by atoms with van der Waals surface area (Å²) in [6, 6.07) is 0. The van der Waals surface area contributed by atoms with Gasteiger partial charge in [0.15, 0.2) is 0 Å². The zero-order valence-electron chi connectivity index (χ0n) is 12.5. The maximum Gasteiger partial charge on any atom is 0.130 e. The van der Waals surface area contributed by atoms with Crippen LogP contribution in [0.1, 0.15) is 52.4 Å². The molecule has 0 amide bonds. The summed E-state index contributed by atoms with van der Waals surface area (Å²) >= 11 is 0. The maximum absolute atomic E-state index is 11.1. The van der Waals surface area contributed by atoms with Crippen LogP contribution in [0, 0.1) is 5.92 Å². The summed E-state index contributed by atoms with van der Waals surface area (Å²) in [4.78, 5) is 11.1. The van der Waals surface area contributed by atoms with E-state index in [0.29, 0.717) is 12.3 Å². The molecule has 0 unspecified atom stereocenters. The highest BCUT2D eigenvalue weighted by Crippen LogP contribution is 2.17. The SMILES string of the molecule is C=C/C=C\C(=C/C)CCCCC[C@H](C=C)CC(C)=O. The van der Waals surface area contributed by atoms with E-state index in [1.165, 1.54) is 24.8 Å². The van der Waals surface area contributed by atoms with E-state index < -0.39 is 0 Å². The molecule has 0 heterocycles. The summed E-state index contributed by atoms with van der Waals surface area (Å²) in [6.45, 7) is 11.2. The van der Waals surface area contributed by atoms with Gasteiger partial charge >= 0.3 is 0 Å². The third-order valence-electron chi connectivity index (χ3n) is 3.24. The summed E-state index contributed by atoms with van der Waals surface area (Å²) in [5.41, 5.74) is 1.36. The molecule has 0 spiro atoms. The molecule has 1 heteroatoms. The van der Waals surface area contributed by atoms with Crippen LogP contribution in [0.15, 0.2) is 49.1 Å². The van der Waals surface area contributed by atoms with Gasteiger partial charge in [-0.3, -0.25) is 0 Å². The zero-order valence-corrected chi connectivity index (χ0v) is 12.5. The van der Waals surface area contributed by atoms with Crippen molar-refractivity contribution in [1.29, 1.82) is 0 Å². The van der Waals surface area contributed by atoms with E-state index in [1.54, 1.807) is 13.0 Å². The largest absolute Gasteiger partial charge is 0.300 e. The van der Waals surface area contributed by atoms with Crippen molar-refractivity contribution < 1.29 is 4.79 Å². The number of carbonyl (C=O) groups is 1. The van der Waals surface area contributed by atoms with E-state index >= 15 is 0 Å². The minimum atomic E-state index is 0.260. The molecule has 106 valence electrons. The molecule has 1 atom stereocenters. The fourth-order valence-electron chi connectivity index (χ4n) is 2.10. The number of ketones is 1. The van der Waals surface area contributed by atoms with E-state index in [0.717, 1.165) is 12.8 Å². The third-order valence-corrected chi connectivity index (χ3v) is 3.24. The van der Waals surface area contributed by atoms with Crippen LogP contribution in [0.3, 0.4) is 0 Å². The van der Waals surface area contributed by atoms with Crippen molar-refractivity contribution in [2.24, 2.45) is 5.92 Å². The second kappa shape index (κ2) is 11.7. The lowest BCUT2D eigenvalue weighted by atomic mass is 9.95. The van der Waals surface area contributed by atoms with Gasteiger partial charge in [-0.15, -0.1) is 6.58 Å². The second-order valence-electron chi connectivity index (χ2n) is 4.96. The molecule has 0 aromatic rings. The van der Waals surface area contributed by atoms with E-state index in [4.69, 9.17) is 0 Å². The first-order valence-electron chi connectivity index (χ1n) is 7.20. The molecule has 0 saturated heterocycles. The summed E-state index contributed by atoms with van der Waals surface area (Å²) in [5, 5.41) is 0. The van der Waals surface area contributed by atoms with Crippen molar-refractivity contribution in [1.82, 2.24) is 0 Å². The standard InChI is InChI=1S/C18H28O/c1-5-8-12-17(6-2)13-10-9-11-14-18(7-3)15-16(4)19/h5-8,12,18H,1,3,9-11,13-15H2,2,4H3/b12-8-,17-6+/t18-/m0/s1. The van der Waals surface area contributed by atoms with Crippen molar-refractivity contribution in [3.8, 4) is 0 Å². The number of allylic oxidation sites excluding steroid dienone is 6. The molecule has 1 nitrogen and oxygen atoms in total. The lowest BCUT2D eigenvalue weighted by Gasteiger charge is -2.10. The fraction of sp³-hybridized carbons (Fsp3) is 0.500. The van der Waals surface area contributed by atoms with Crippen LogP contribution in [-0.4, -0.2) is 5.78 Å². The molecule has 0 aliphatic heterocycles. The molecule has 0 N–H and O–H groups in total. The molecule has 0 saturated carbocycles. The van der Waals surface area contributed by atoms with E-state index in [1.807, 2.05) is 12.2 Å². The van der Waals surface area contributed by atoms with Gasteiger partial charge in [-0.2, -0.15) is 0 Å². The van der Waals surface area contributed by atoms with Crippen LogP contribution in [0.2, 0.25) is 0 Å². The minimum Gasteiger partial charge on any atom is -0.300 e. The van der Waals surface area contributed by atoms with Gasteiger partial charge in [0.05, 0.1) is 0 Å². The predicted molar refractivity (Wildman–Crippen MR) is 85.2 cm³/mol. The van der Waals surface area contributed by atoms with Gasteiger partial charge in [0.2, 0.25) is 0 Å².